The summed E-state index contributed by atoms with van der Waals surface area (Å²) in [5, 5.41) is 0. The molecule has 0 spiro atoms. The van der Waals surface area contributed by atoms with E-state index in [1.54, 1.807) is 24.7 Å². The number of rotatable bonds is 7. The van der Waals surface area contributed by atoms with Gasteiger partial charge < -0.3 is 9.47 Å². The van der Waals surface area contributed by atoms with Gasteiger partial charge in [0.2, 0.25) is 0 Å². The summed E-state index contributed by atoms with van der Waals surface area (Å²) >= 11 is 0. The third-order valence-corrected chi connectivity index (χ3v) is 8.70. The van der Waals surface area contributed by atoms with Gasteiger partial charge in [-0.3, -0.25) is 14.8 Å². The molecule has 206 valence electrons. The Morgan fingerprint density at radius 1 is 0.900 bits per heavy atom. The lowest BCUT2D eigenvalue weighted by Gasteiger charge is -2.32. The van der Waals surface area contributed by atoms with Crippen LogP contribution in [0.25, 0.3) is 11.1 Å². The molecule has 4 aromatic rings. The fourth-order valence-corrected chi connectivity index (χ4v) is 6.39. The van der Waals surface area contributed by atoms with Crippen LogP contribution in [-0.4, -0.2) is 43.4 Å². The largest absolute Gasteiger partial charge is 0.337 e. The van der Waals surface area contributed by atoms with Crippen LogP contribution in [0.2, 0.25) is 0 Å². The van der Waals surface area contributed by atoms with Crippen molar-refractivity contribution in [3.05, 3.63) is 102 Å². The second kappa shape index (κ2) is 12.1. The monoisotopic (exact) mass is 537 g/mol. The number of halogens is 1. The molecule has 2 aliphatic rings. The van der Waals surface area contributed by atoms with E-state index in [0.717, 1.165) is 55.5 Å². The van der Waals surface area contributed by atoms with Gasteiger partial charge in [-0.05, 0) is 85.6 Å². The minimum Gasteiger partial charge on any atom is -0.337 e. The Morgan fingerprint density at radius 3 is 2.48 bits per heavy atom. The highest BCUT2D eigenvalue weighted by Crippen LogP contribution is 2.30. The topological polar surface area (TPSA) is 63.9 Å². The van der Waals surface area contributed by atoms with Crippen molar-refractivity contribution in [3.63, 3.8) is 0 Å². The van der Waals surface area contributed by atoms with E-state index >= 15 is 0 Å². The number of aromatic nitrogens is 4. The Labute approximate surface area is 235 Å². The number of nitrogens with zero attached hydrogens (tertiary/aromatic N) is 5. The van der Waals surface area contributed by atoms with E-state index in [2.05, 4.69) is 21.0 Å². The van der Waals surface area contributed by atoms with Gasteiger partial charge in [0.25, 0.3) is 5.91 Å². The molecule has 2 aromatic carbocycles. The van der Waals surface area contributed by atoms with Crippen molar-refractivity contribution in [1.82, 2.24) is 24.4 Å². The zero-order valence-electron chi connectivity index (χ0n) is 22.9. The minimum absolute atomic E-state index is 0.0502. The molecular formula is C33H36FN5O. The van der Waals surface area contributed by atoms with Crippen molar-refractivity contribution in [2.24, 2.45) is 11.8 Å². The maximum atomic E-state index is 13.5. The Bertz CT molecular complexity index is 1440. The highest BCUT2D eigenvalue weighted by Gasteiger charge is 2.27. The first-order chi connectivity index (χ1) is 19.6. The van der Waals surface area contributed by atoms with Crippen LogP contribution >= 0.6 is 0 Å². The summed E-state index contributed by atoms with van der Waals surface area (Å²) in [6.45, 7) is 2.11. The number of hydrogen-bond donors (Lipinski definition) is 0. The maximum Gasteiger partial charge on any atom is 0.272 e. The average Bonchev–Trinajstić information content (AvgIpc) is 3.34. The van der Waals surface area contributed by atoms with Crippen molar-refractivity contribution < 1.29 is 9.18 Å². The van der Waals surface area contributed by atoms with Crippen LogP contribution in [0.1, 0.15) is 66.0 Å². The minimum atomic E-state index is -0.252. The van der Waals surface area contributed by atoms with E-state index in [-0.39, 0.29) is 11.7 Å². The number of aryl methyl sites for hydroxylation is 1. The smallest absolute Gasteiger partial charge is 0.272 e. The molecule has 0 saturated carbocycles. The quantitative estimate of drug-likeness (QED) is 0.258. The molecule has 3 heterocycles. The molecule has 6 nitrogen and oxygen atoms in total. The number of carbonyl (C=O) groups is 1. The predicted molar refractivity (Wildman–Crippen MR) is 153 cm³/mol. The number of benzene rings is 2. The van der Waals surface area contributed by atoms with Gasteiger partial charge >= 0.3 is 0 Å². The van der Waals surface area contributed by atoms with E-state index in [0.29, 0.717) is 24.1 Å². The van der Waals surface area contributed by atoms with Crippen LogP contribution in [0.3, 0.4) is 0 Å². The molecular weight excluding hydrogens is 501 g/mol. The third-order valence-electron chi connectivity index (χ3n) is 8.70. The molecule has 0 radical (unpaired) electrons. The van der Waals surface area contributed by atoms with Crippen molar-refractivity contribution in [2.45, 2.75) is 57.9 Å². The van der Waals surface area contributed by atoms with Gasteiger partial charge in [-0.25, -0.2) is 9.37 Å². The van der Waals surface area contributed by atoms with Crippen molar-refractivity contribution in [1.29, 1.82) is 0 Å². The molecule has 1 unspecified atom stereocenters. The normalized spacial score (nSPS) is 17.8. The van der Waals surface area contributed by atoms with Crippen LogP contribution in [0.5, 0.6) is 0 Å². The Hall–Kier alpha value is -3.87. The van der Waals surface area contributed by atoms with E-state index < -0.39 is 0 Å². The fraction of sp³-hybridized carbons (Fsp3) is 0.394. The molecule has 1 atom stereocenters. The van der Waals surface area contributed by atoms with Crippen LogP contribution in [-0.2, 0) is 19.4 Å². The summed E-state index contributed by atoms with van der Waals surface area (Å²) in [5.74, 6) is 1.15. The second-order valence-electron chi connectivity index (χ2n) is 11.3. The Kier molecular flexibility index (Phi) is 7.98. The number of hydrogen-bond acceptors (Lipinski definition) is 4. The van der Waals surface area contributed by atoms with Crippen LogP contribution in [0.4, 0.5) is 4.39 Å². The highest BCUT2D eigenvalue weighted by atomic mass is 19.1. The summed E-state index contributed by atoms with van der Waals surface area (Å²) in [6, 6.07) is 14.6. The third kappa shape index (κ3) is 5.98. The maximum absolute atomic E-state index is 13.5. The van der Waals surface area contributed by atoms with Gasteiger partial charge in [0.05, 0.1) is 23.9 Å². The molecule has 0 N–H and O–H groups in total. The van der Waals surface area contributed by atoms with E-state index in [1.807, 2.05) is 40.1 Å². The van der Waals surface area contributed by atoms with Gasteiger partial charge in [0.1, 0.15) is 11.5 Å². The molecule has 6 rings (SSSR count). The van der Waals surface area contributed by atoms with Crippen LogP contribution in [0.15, 0.2) is 73.4 Å². The second-order valence-corrected chi connectivity index (χ2v) is 11.3. The molecule has 1 fully saturated rings. The Morgan fingerprint density at radius 2 is 1.65 bits per heavy atom. The number of fused-ring (bicyclic) bond motifs is 1. The molecule has 7 heteroatoms. The number of piperidine rings is 1. The molecule has 1 aliphatic carbocycles. The summed E-state index contributed by atoms with van der Waals surface area (Å²) in [7, 11) is 0. The van der Waals surface area contributed by atoms with Gasteiger partial charge in [-0.1, -0.05) is 42.8 Å². The molecule has 2 aromatic heterocycles. The van der Waals surface area contributed by atoms with E-state index in [9.17, 15) is 9.18 Å². The number of likely N-dealkylation sites (tertiary alicyclic amines) is 1. The first-order valence-corrected chi connectivity index (χ1v) is 14.6. The van der Waals surface area contributed by atoms with Gasteiger partial charge in [-0.2, -0.15) is 0 Å². The molecule has 1 amide bonds. The molecule has 1 aliphatic heterocycles. The summed E-state index contributed by atoms with van der Waals surface area (Å²) < 4.78 is 15.4. The first-order valence-electron chi connectivity index (χ1n) is 14.6. The zero-order chi connectivity index (χ0) is 27.3. The zero-order valence-corrected chi connectivity index (χ0v) is 22.9. The predicted octanol–water partition coefficient (Wildman–Crippen LogP) is 6.36. The van der Waals surface area contributed by atoms with Crippen molar-refractivity contribution in [3.8, 4) is 11.1 Å². The SMILES string of the molecule is O=C(c1cncn1Cc1ccccc1-c1ccc(F)cc1)N1CCC(CCC2CCCc3nccnc3C2)CC1. The lowest BCUT2D eigenvalue weighted by molar-refractivity contribution is 0.0673. The number of carbonyl (C=O) groups excluding carboxylic acids is 1. The van der Waals surface area contributed by atoms with E-state index in [4.69, 9.17) is 0 Å². The van der Waals surface area contributed by atoms with Gasteiger partial charge in [0, 0.05) is 32.0 Å². The van der Waals surface area contributed by atoms with Crippen molar-refractivity contribution >= 4 is 5.91 Å². The fourth-order valence-electron chi connectivity index (χ4n) is 6.39. The summed E-state index contributed by atoms with van der Waals surface area (Å²) in [4.78, 5) is 29.0. The Balaban J connectivity index is 1.05. The van der Waals surface area contributed by atoms with E-state index in [1.165, 1.54) is 49.2 Å². The molecule has 1 saturated heterocycles. The molecule has 0 bridgehead atoms. The average molecular weight is 538 g/mol. The van der Waals surface area contributed by atoms with Gasteiger partial charge in [-0.15, -0.1) is 0 Å². The molecule has 40 heavy (non-hydrogen) atoms. The first kappa shape index (κ1) is 26.4. The summed E-state index contributed by atoms with van der Waals surface area (Å²) in [5.41, 5.74) is 6.04. The van der Waals surface area contributed by atoms with Crippen molar-refractivity contribution in [2.75, 3.05) is 13.1 Å². The number of amides is 1. The number of imidazole rings is 1. The summed E-state index contributed by atoms with van der Waals surface area (Å²) in [6.07, 6.45) is 16.2. The lowest BCUT2D eigenvalue weighted by atomic mass is 9.86. The van der Waals surface area contributed by atoms with Crippen LogP contribution in [0, 0.1) is 17.7 Å². The van der Waals surface area contributed by atoms with Crippen LogP contribution < -0.4 is 0 Å². The highest BCUT2D eigenvalue weighted by molar-refractivity contribution is 5.92. The lowest BCUT2D eigenvalue weighted by Crippen LogP contribution is -2.39. The van der Waals surface area contributed by atoms with Gasteiger partial charge in [0.15, 0.2) is 0 Å². The standard InChI is InChI=1S/C33H36FN5O/c34-28-12-10-26(11-13-28)29-6-2-1-5-27(29)22-39-23-35-21-32(39)33(40)38-18-14-24(15-19-38)8-9-25-4-3-7-30-31(20-25)37-17-16-36-30/h1-2,5-6,10-13,16-17,21,23-25H,3-4,7-9,14-15,18-20,22H2.